The maximum Gasteiger partial charge on any atom is 0.318 e. The minimum absolute atomic E-state index is 0.296. The molecule has 6 heteroatoms. The summed E-state index contributed by atoms with van der Waals surface area (Å²) < 4.78 is 10.7. The van der Waals surface area contributed by atoms with Crippen molar-refractivity contribution in [2.24, 2.45) is 5.92 Å². The Morgan fingerprint density at radius 2 is 2.16 bits per heavy atom. The summed E-state index contributed by atoms with van der Waals surface area (Å²) >= 11 is 0. The first-order chi connectivity index (χ1) is 9.20. The Morgan fingerprint density at radius 3 is 2.95 bits per heavy atom. The van der Waals surface area contributed by atoms with Crippen LogP contribution in [0.15, 0.2) is 24.3 Å². The zero-order chi connectivity index (χ0) is 13.4. The molecule has 2 N–H and O–H groups in total. The summed E-state index contributed by atoms with van der Waals surface area (Å²) in [4.78, 5) is 23.6. The van der Waals surface area contributed by atoms with Crippen molar-refractivity contribution in [1.82, 2.24) is 10.6 Å². The third kappa shape index (κ3) is 1.89. The lowest BCUT2D eigenvalue weighted by molar-refractivity contribution is -0.155. The molecule has 1 fully saturated rings. The zero-order valence-electron chi connectivity index (χ0n) is 10.4. The molecule has 0 aliphatic carbocycles. The molecule has 0 unspecified atom stereocenters. The first-order valence-corrected chi connectivity index (χ1v) is 6.20. The molecule has 3 rings (SSSR count). The molecule has 2 amide bonds. The zero-order valence-corrected chi connectivity index (χ0v) is 10.4. The molecule has 2 aliphatic rings. The van der Waals surface area contributed by atoms with Crippen molar-refractivity contribution in [2.45, 2.75) is 19.2 Å². The predicted molar refractivity (Wildman–Crippen MR) is 65.4 cm³/mol. The quantitative estimate of drug-likeness (QED) is 0.778. The second-order valence-electron chi connectivity index (χ2n) is 4.45. The van der Waals surface area contributed by atoms with Gasteiger partial charge in [-0.05, 0) is 13.0 Å². The van der Waals surface area contributed by atoms with Crippen molar-refractivity contribution in [3.05, 3.63) is 29.8 Å². The Morgan fingerprint density at radius 1 is 1.37 bits per heavy atom. The number of ether oxygens (including phenoxy) is 2. The van der Waals surface area contributed by atoms with Crippen molar-refractivity contribution in [3.8, 4) is 5.75 Å². The molecule has 19 heavy (non-hydrogen) atoms. The lowest BCUT2D eigenvalue weighted by atomic mass is 9.87. The number of benzene rings is 1. The lowest BCUT2D eigenvalue weighted by Crippen LogP contribution is -2.62. The molecule has 1 saturated heterocycles. The van der Waals surface area contributed by atoms with Gasteiger partial charge >= 0.3 is 12.0 Å². The van der Waals surface area contributed by atoms with E-state index in [-0.39, 0.29) is 12.0 Å². The molecular formula is C13H14N2O4. The van der Waals surface area contributed by atoms with Crippen LogP contribution in [-0.2, 0) is 9.53 Å². The Kier molecular flexibility index (Phi) is 2.77. The highest BCUT2D eigenvalue weighted by Crippen LogP contribution is 2.39. The van der Waals surface area contributed by atoms with Gasteiger partial charge in [-0.15, -0.1) is 0 Å². The monoisotopic (exact) mass is 262 g/mol. The number of carbonyl (C=O) groups is 2. The van der Waals surface area contributed by atoms with Gasteiger partial charge in [0.25, 0.3) is 0 Å². The highest BCUT2D eigenvalue weighted by Gasteiger charge is 2.48. The number of rotatable bonds is 2. The van der Waals surface area contributed by atoms with E-state index < -0.39 is 18.2 Å². The van der Waals surface area contributed by atoms with E-state index >= 15 is 0 Å². The predicted octanol–water partition coefficient (Wildman–Crippen LogP) is 0.938. The summed E-state index contributed by atoms with van der Waals surface area (Å²) in [5, 5.41) is 5.37. The van der Waals surface area contributed by atoms with Crippen molar-refractivity contribution in [2.75, 3.05) is 6.61 Å². The molecule has 2 aliphatic heterocycles. The molecule has 6 nitrogen and oxygen atoms in total. The van der Waals surface area contributed by atoms with Crippen LogP contribution in [0.4, 0.5) is 4.79 Å². The maximum atomic E-state index is 12.0. The van der Waals surface area contributed by atoms with E-state index in [2.05, 4.69) is 10.6 Å². The third-order valence-corrected chi connectivity index (χ3v) is 3.31. The third-order valence-electron chi connectivity index (χ3n) is 3.31. The van der Waals surface area contributed by atoms with Gasteiger partial charge in [0.1, 0.15) is 11.7 Å². The second-order valence-corrected chi connectivity index (χ2v) is 4.45. The Bertz CT molecular complexity index is 531. The van der Waals surface area contributed by atoms with E-state index in [0.717, 1.165) is 5.56 Å². The fourth-order valence-corrected chi connectivity index (χ4v) is 2.52. The lowest BCUT2D eigenvalue weighted by Gasteiger charge is -2.42. The SMILES string of the molecule is CCOC(=O)[C@@H]1[C@H]2NC(=O)N[C@H]1c1ccccc1O2. The number of nitrogens with one attached hydrogen (secondary N) is 2. The van der Waals surface area contributed by atoms with Gasteiger partial charge in [0, 0.05) is 5.56 Å². The molecule has 0 saturated carbocycles. The normalized spacial score (nSPS) is 27.4. The van der Waals surface area contributed by atoms with Crippen LogP contribution in [0.2, 0.25) is 0 Å². The van der Waals surface area contributed by atoms with E-state index in [0.29, 0.717) is 12.4 Å². The minimum atomic E-state index is -0.687. The Hall–Kier alpha value is -2.24. The Labute approximate surface area is 110 Å². The van der Waals surface area contributed by atoms with Crippen molar-refractivity contribution in [3.63, 3.8) is 0 Å². The Balaban J connectivity index is 2.00. The number of carbonyl (C=O) groups excluding carboxylic acids is 2. The summed E-state index contributed by atoms with van der Waals surface area (Å²) in [6.07, 6.45) is -0.687. The number of amides is 2. The van der Waals surface area contributed by atoms with Crippen molar-refractivity contribution >= 4 is 12.0 Å². The molecule has 0 radical (unpaired) electrons. The van der Waals surface area contributed by atoms with Gasteiger partial charge < -0.3 is 20.1 Å². The van der Waals surface area contributed by atoms with Crippen LogP contribution < -0.4 is 15.4 Å². The van der Waals surface area contributed by atoms with E-state index in [4.69, 9.17) is 9.47 Å². The molecular weight excluding hydrogens is 248 g/mol. The average Bonchev–Trinajstić information content (AvgIpc) is 2.38. The number of hydrogen-bond acceptors (Lipinski definition) is 4. The maximum absolute atomic E-state index is 12.0. The van der Waals surface area contributed by atoms with Gasteiger partial charge in [0.15, 0.2) is 6.23 Å². The second kappa shape index (κ2) is 4.46. The minimum Gasteiger partial charge on any atom is -0.469 e. The summed E-state index contributed by atoms with van der Waals surface area (Å²) in [7, 11) is 0. The summed E-state index contributed by atoms with van der Waals surface area (Å²) in [5.74, 6) is -0.280. The summed E-state index contributed by atoms with van der Waals surface area (Å²) in [6.45, 7) is 2.04. The topological polar surface area (TPSA) is 76.7 Å². The highest BCUT2D eigenvalue weighted by molar-refractivity contribution is 5.82. The smallest absolute Gasteiger partial charge is 0.318 e. The van der Waals surface area contributed by atoms with Crippen LogP contribution in [0.5, 0.6) is 5.75 Å². The number of fused-ring (bicyclic) bond motifs is 4. The molecule has 0 aromatic heterocycles. The molecule has 2 bridgehead atoms. The standard InChI is InChI=1S/C13H14N2O4/c1-2-18-12(16)9-10-7-5-3-4-6-8(7)19-11(9)15-13(17)14-10/h3-6,9-11H,2H2,1H3,(H2,14,15,17)/t9-,10-,11-/m0/s1. The largest absolute Gasteiger partial charge is 0.469 e. The van der Waals surface area contributed by atoms with Crippen LogP contribution in [0.3, 0.4) is 0 Å². The molecule has 0 spiro atoms. The number of esters is 1. The van der Waals surface area contributed by atoms with E-state index in [1.807, 2.05) is 24.3 Å². The first-order valence-electron chi connectivity index (χ1n) is 6.20. The van der Waals surface area contributed by atoms with E-state index in [9.17, 15) is 9.59 Å². The van der Waals surface area contributed by atoms with Gasteiger partial charge in [0.2, 0.25) is 0 Å². The molecule has 100 valence electrons. The van der Waals surface area contributed by atoms with Gasteiger partial charge in [-0.25, -0.2) is 4.79 Å². The number of urea groups is 1. The summed E-state index contributed by atoms with van der Waals surface area (Å²) in [5.41, 5.74) is 0.798. The number of para-hydroxylation sites is 1. The van der Waals surface area contributed by atoms with Crippen LogP contribution in [0.25, 0.3) is 0 Å². The van der Waals surface area contributed by atoms with Crippen molar-refractivity contribution < 1.29 is 19.1 Å². The fraction of sp³-hybridized carbons (Fsp3) is 0.385. The van der Waals surface area contributed by atoms with E-state index in [1.54, 1.807) is 6.92 Å². The molecule has 2 heterocycles. The molecule has 1 aromatic carbocycles. The molecule has 1 aromatic rings. The van der Waals surface area contributed by atoms with Gasteiger partial charge in [-0.1, -0.05) is 18.2 Å². The summed E-state index contributed by atoms with van der Waals surface area (Å²) in [6, 6.07) is 6.59. The number of hydrogen-bond donors (Lipinski definition) is 2. The molecule has 3 atom stereocenters. The highest BCUT2D eigenvalue weighted by atomic mass is 16.5. The van der Waals surface area contributed by atoms with Gasteiger partial charge in [-0.3, -0.25) is 4.79 Å². The fourth-order valence-electron chi connectivity index (χ4n) is 2.52. The average molecular weight is 262 g/mol. The van der Waals surface area contributed by atoms with Crippen LogP contribution in [0.1, 0.15) is 18.5 Å². The van der Waals surface area contributed by atoms with Crippen molar-refractivity contribution in [1.29, 1.82) is 0 Å². The van der Waals surface area contributed by atoms with Gasteiger partial charge in [0.05, 0.1) is 12.6 Å². The van der Waals surface area contributed by atoms with Crippen LogP contribution in [0, 0.1) is 5.92 Å². The first kappa shape index (κ1) is 11.8. The van der Waals surface area contributed by atoms with Crippen LogP contribution >= 0.6 is 0 Å². The van der Waals surface area contributed by atoms with E-state index in [1.165, 1.54) is 0 Å². The van der Waals surface area contributed by atoms with Gasteiger partial charge in [-0.2, -0.15) is 0 Å². The van der Waals surface area contributed by atoms with Crippen LogP contribution in [-0.4, -0.2) is 24.8 Å².